The summed E-state index contributed by atoms with van der Waals surface area (Å²) in [6, 6.07) is 21.7. The van der Waals surface area contributed by atoms with E-state index < -0.39 is 0 Å². The monoisotopic (exact) mass is 303 g/mol. The van der Waals surface area contributed by atoms with Crippen molar-refractivity contribution in [3.05, 3.63) is 82.9 Å². The van der Waals surface area contributed by atoms with E-state index >= 15 is 0 Å². The van der Waals surface area contributed by atoms with Gasteiger partial charge >= 0.3 is 0 Å². The molecule has 0 saturated carbocycles. The van der Waals surface area contributed by atoms with Gasteiger partial charge in [-0.3, -0.25) is 0 Å². The second-order valence-corrected chi connectivity index (χ2v) is 6.55. The number of hydrogen-bond acceptors (Lipinski definition) is 2. The molecule has 0 aromatic heterocycles. The third-order valence-corrected chi connectivity index (χ3v) is 4.88. The van der Waals surface area contributed by atoms with E-state index in [1.165, 1.54) is 27.5 Å². The minimum absolute atomic E-state index is 0.109. The van der Waals surface area contributed by atoms with Crippen LogP contribution in [0.25, 0.3) is 10.8 Å². The van der Waals surface area contributed by atoms with E-state index in [0.29, 0.717) is 5.92 Å². The first-order valence-corrected chi connectivity index (χ1v) is 8.14. The molecule has 116 valence electrons. The van der Waals surface area contributed by atoms with Crippen LogP contribution in [0.5, 0.6) is 0 Å². The molecular formula is C21H21NO. The summed E-state index contributed by atoms with van der Waals surface area (Å²) in [5.41, 5.74) is 5.10. The maximum absolute atomic E-state index is 9.39. The molecule has 0 unspecified atom stereocenters. The number of hydrogen-bond donors (Lipinski definition) is 1. The number of rotatable bonds is 2. The van der Waals surface area contributed by atoms with Gasteiger partial charge in [0.05, 0.1) is 6.61 Å². The van der Waals surface area contributed by atoms with Crippen LogP contribution in [0, 0.1) is 0 Å². The third-order valence-electron chi connectivity index (χ3n) is 4.88. The minimum Gasteiger partial charge on any atom is -0.392 e. The molecule has 4 rings (SSSR count). The zero-order valence-corrected chi connectivity index (χ0v) is 13.4. The normalized spacial score (nSPS) is 18.1. The predicted molar refractivity (Wildman–Crippen MR) is 94.5 cm³/mol. The molecular weight excluding hydrogens is 282 g/mol. The zero-order valence-electron chi connectivity index (χ0n) is 13.4. The summed E-state index contributed by atoms with van der Waals surface area (Å²) in [4.78, 5) is 2.36. The first-order chi connectivity index (χ1) is 11.2. The molecule has 1 atom stereocenters. The Morgan fingerprint density at radius 2 is 1.83 bits per heavy atom. The van der Waals surface area contributed by atoms with Crippen molar-refractivity contribution in [3.8, 4) is 0 Å². The highest BCUT2D eigenvalue weighted by atomic mass is 16.3. The quantitative estimate of drug-likeness (QED) is 0.776. The Morgan fingerprint density at radius 3 is 2.65 bits per heavy atom. The fraction of sp³-hybridized carbons (Fsp3) is 0.238. The molecule has 0 fully saturated rings. The molecule has 3 aromatic carbocycles. The second kappa shape index (κ2) is 5.80. The van der Waals surface area contributed by atoms with Crippen molar-refractivity contribution >= 4 is 10.8 Å². The van der Waals surface area contributed by atoms with E-state index in [2.05, 4.69) is 72.6 Å². The average Bonchev–Trinajstić information content (AvgIpc) is 2.60. The molecule has 23 heavy (non-hydrogen) atoms. The van der Waals surface area contributed by atoms with Gasteiger partial charge in [0.15, 0.2) is 0 Å². The molecule has 0 spiro atoms. The maximum atomic E-state index is 9.39. The first-order valence-electron chi connectivity index (χ1n) is 8.14. The number of fused-ring (bicyclic) bond motifs is 2. The van der Waals surface area contributed by atoms with Crippen LogP contribution >= 0.6 is 0 Å². The van der Waals surface area contributed by atoms with Gasteiger partial charge in [0, 0.05) is 19.0 Å². The Hall–Kier alpha value is -2.16. The Bertz CT molecular complexity index is 855. The lowest BCUT2D eigenvalue weighted by Gasteiger charge is -2.33. The first kappa shape index (κ1) is 14.4. The molecule has 2 nitrogen and oxygen atoms in total. The summed E-state index contributed by atoms with van der Waals surface area (Å²) in [5.74, 6) is 0.390. The second-order valence-electron chi connectivity index (χ2n) is 6.55. The molecule has 1 heterocycles. The fourth-order valence-corrected chi connectivity index (χ4v) is 3.71. The van der Waals surface area contributed by atoms with E-state index in [4.69, 9.17) is 0 Å². The molecule has 0 saturated heterocycles. The molecule has 2 heteroatoms. The number of aliphatic hydroxyl groups is 1. The predicted octanol–water partition coefficient (Wildman–Crippen LogP) is 3.91. The summed E-state index contributed by atoms with van der Waals surface area (Å²) >= 11 is 0. The largest absolute Gasteiger partial charge is 0.392 e. The molecule has 0 aliphatic carbocycles. The average molecular weight is 303 g/mol. The fourth-order valence-electron chi connectivity index (χ4n) is 3.71. The zero-order chi connectivity index (χ0) is 15.8. The standard InChI is InChI=1S/C21H21NO/c1-22-12-19-10-15(14-23)6-9-20(19)21(13-22)18-8-7-16-4-2-3-5-17(16)11-18/h2-11,21,23H,12-14H2,1H3/t21-/m0/s1. The molecule has 3 aromatic rings. The van der Waals surface area contributed by atoms with Gasteiger partial charge in [-0.15, -0.1) is 0 Å². The van der Waals surface area contributed by atoms with Crippen molar-refractivity contribution in [2.75, 3.05) is 13.6 Å². The van der Waals surface area contributed by atoms with Crippen LogP contribution in [0.4, 0.5) is 0 Å². The lowest BCUT2D eigenvalue weighted by molar-refractivity contribution is 0.278. The number of benzene rings is 3. The molecule has 1 N–H and O–H groups in total. The number of likely N-dealkylation sites (N-methyl/N-ethyl adjacent to an activating group) is 1. The number of nitrogens with zero attached hydrogens (tertiary/aromatic N) is 1. The lowest BCUT2D eigenvalue weighted by Crippen LogP contribution is -2.31. The highest BCUT2D eigenvalue weighted by Gasteiger charge is 2.25. The van der Waals surface area contributed by atoms with Gasteiger partial charge in [-0.05, 0) is 40.1 Å². The van der Waals surface area contributed by atoms with E-state index in [0.717, 1.165) is 18.7 Å². The van der Waals surface area contributed by atoms with E-state index in [9.17, 15) is 5.11 Å². The van der Waals surface area contributed by atoms with Crippen LogP contribution < -0.4 is 0 Å². The van der Waals surface area contributed by atoms with Crippen LogP contribution in [0.1, 0.15) is 28.2 Å². The van der Waals surface area contributed by atoms with Crippen LogP contribution in [-0.2, 0) is 13.2 Å². The van der Waals surface area contributed by atoms with Crippen molar-refractivity contribution in [1.82, 2.24) is 4.90 Å². The Balaban J connectivity index is 1.81. The summed E-state index contributed by atoms with van der Waals surface area (Å²) in [5, 5.41) is 12.0. The minimum atomic E-state index is 0.109. The topological polar surface area (TPSA) is 23.5 Å². The van der Waals surface area contributed by atoms with Crippen LogP contribution in [0.15, 0.2) is 60.7 Å². The molecule has 1 aliphatic rings. The van der Waals surface area contributed by atoms with E-state index in [1.807, 2.05) is 0 Å². The van der Waals surface area contributed by atoms with Crippen LogP contribution in [0.2, 0.25) is 0 Å². The van der Waals surface area contributed by atoms with E-state index in [1.54, 1.807) is 0 Å². The lowest BCUT2D eigenvalue weighted by atomic mass is 9.83. The highest BCUT2D eigenvalue weighted by Crippen LogP contribution is 2.34. The maximum Gasteiger partial charge on any atom is 0.0681 e. The van der Waals surface area contributed by atoms with Gasteiger partial charge in [0.1, 0.15) is 0 Å². The van der Waals surface area contributed by atoms with Gasteiger partial charge in [-0.2, -0.15) is 0 Å². The van der Waals surface area contributed by atoms with Gasteiger partial charge in [-0.1, -0.05) is 60.7 Å². The smallest absolute Gasteiger partial charge is 0.0681 e. The Morgan fingerprint density at radius 1 is 1.00 bits per heavy atom. The summed E-state index contributed by atoms with van der Waals surface area (Å²) < 4.78 is 0. The van der Waals surface area contributed by atoms with Gasteiger partial charge < -0.3 is 10.0 Å². The van der Waals surface area contributed by atoms with Gasteiger partial charge in [-0.25, -0.2) is 0 Å². The van der Waals surface area contributed by atoms with Crippen molar-refractivity contribution < 1.29 is 5.11 Å². The van der Waals surface area contributed by atoms with Gasteiger partial charge in [0.25, 0.3) is 0 Å². The summed E-state index contributed by atoms with van der Waals surface area (Å²) in [7, 11) is 2.17. The van der Waals surface area contributed by atoms with Crippen molar-refractivity contribution in [2.24, 2.45) is 0 Å². The van der Waals surface area contributed by atoms with Crippen LogP contribution in [-0.4, -0.2) is 23.6 Å². The summed E-state index contributed by atoms with van der Waals surface area (Å²) in [6.45, 7) is 2.09. The number of aliphatic hydroxyl groups excluding tert-OH is 1. The molecule has 1 aliphatic heterocycles. The van der Waals surface area contributed by atoms with Crippen molar-refractivity contribution in [3.63, 3.8) is 0 Å². The SMILES string of the molecule is CN1Cc2cc(CO)ccc2[C@H](c2ccc3ccccc3c2)C1. The van der Waals surface area contributed by atoms with E-state index in [-0.39, 0.29) is 6.61 Å². The highest BCUT2D eigenvalue weighted by molar-refractivity contribution is 5.83. The van der Waals surface area contributed by atoms with Crippen LogP contribution in [0.3, 0.4) is 0 Å². The third kappa shape index (κ3) is 2.65. The van der Waals surface area contributed by atoms with Gasteiger partial charge in [0.2, 0.25) is 0 Å². The van der Waals surface area contributed by atoms with Crippen molar-refractivity contribution in [1.29, 1.82) is 0 Å². The van der Waals surface area contributed by atoms with Crippen molar-refractivity contribution in [2.45, 2.75) is 19.1 Å². The Kier molecular flexibility index (Phi) is 3.64. The molecule has 0 amide bonds. The molecule has 0 bridgehead atoms. The Labute approximate surface area is 137 Å². The molecule has 0 radical (unpaired) electrons. The summed E-state index contributed by atoms with van der Waals surface area (Å²) in [6.07, 6.45) is 0.